The molecule has 0 aliphatic heterocycles. The molecule has 0 aromatic carbocycles. The van der Waals surface area contributed by atoms with Crippen LogP contribution < -0.4 is 10.7 Å². The predicted molar refractivity (Wildman–Crippen MR) is 113 cm³/mol. The van der Waals surface area contributed by atoms with Crippen LogP contribution in [0.25, 0.3) is 0 Å². The second-order valence-corrected chi connectivity index (χ2v) is 10.0. The highest BCUT2D eigenvalue weighted by atomic mass is 16.2. The first kappa shape index (κ1) is 19.7. The molecule has 1 aromatic rings. The summed E-state index contributed by atoms with van der Waals surface area (Å²) >= 11 is 0. The first-order valence-corrected chi connectivity index (χ1v) is 11.5. The van der Waals surface area contributed by atoms with Crippen LogP contribution in [0.5, 0.6) is 0 Å². The summed E-state index contributed by atoms with van der Waals surface area (Å²) in [4.78, 5) is 25.1. The summed E-state index contributed by atoms with van der Waals surface area (Å²) in [5.74, 6) is 2.62. The van der Waals surface area contributed by atoms with Gasteiger partial charge in [-0.3, -0.25) is 9.59 Å². The predicted octanol–water partition coefficient (Wildman–Crippen LogP) is 4.68. The van der Waals surface area contributed by atoms with Crippen LogP contribution in [0.15, 0.2) is 17.1 Å². The molecule has 1 amide bonds. The van der Waals surface area contributed by atoms with Crippen molar-refractivity contribution < 1.29 is 4.79 Å². The van der Waals surface area contributed by atoms with Gasteiger partial charge >= 0.3 is 0 Å². The molecule has 5 rings (SSSR count). The zero-order chi connectivity index (χ0) is 19.7. The molecule has 154 valence electrons. The number of rotatable bonds is 8. The number of aryl methyl sites for hydroxylation is 2. The Hall–Kier alpha value is -1.58. The lowest BCUT2D eigenvalue weighted by Crippen LogP contribution is -2.47. The maximum atomic E-state index is 12.7. The van der Waals surface area contributed by atoms with Crippen molar-refractivity contribution in [3.63, 3.8) is 0 Å². The zero-order valence-corrected chi connectivity index (χ0v) is 17.6. The van der Waals surface area contributed by atoms with Gasteiger partial charge in [-0.1, -0.05) is 19.8 Å². The number of nitrogens with one attached hydrogen (secondary N) is 1. The molecule has 1 N–H and O–H groups in total. The van der Waals surface area contributed by atoms with E-state index in [0.29, 0.717) is 17.5 Å². The van der Waals surface area contributed by atoms with Gasteiger partial charge in [0.2, 0.25) is 0 Å². The third-order valence-corrected chi connectivity index (χ3v) is 7.70. The maximum absolute atomic E-state index is 12.7. The number of hydrogen-bond acceptors (Lipinski definition) is 2. The average Bonchev–Trinajstić information content (AvgIpc) is 2.62. The van der Waals surface area contributed by atoms with Crippen molar-refractivity contribution in [3.05, 3.63) is 33.7 Å². The second kappa shape index (κ2) is 8.04. The van der Waals surface area contributed by atoms with Crippen LogP contribution in [-0.4, -0.2) is 17.0 Å². The number of hydrogen-bond donors (Lipinski definition) is 1. The van der Waals surface area contributed by atoms with Crippen LogP contribution in [0.2, 0.25) is 0 Å². The van der Waals surface area contributed by atoms with Gasteiger partial charge in [0.1, 0.15) is 5.56 Å². The quantitative estimate of drug-likeness (QED) is 0.662. The number of unbranched alkanes of at least 4 members (excludes halogenated alkanes) is 2. The maximum Gasteiger partial charge on any atom is 0.256 e. The van der Waals surface area contributed by atoms with Crippen molar-refractivity contribution in [2.24, 2.45) is 23.2 Å². The molecule has 0 spiro atoms. The van der Waals surface area contributed by atoms with E-state index in [4.69, 9.17) is 0 Å². The monoisotopic (exact) mass is 384 g/mol. The lowest BCUT2D eigenvalue weighted by molar-refractivity contribution is -0.0564. The highest BCUT2D eigenvalue weighted by molar-refractivity contribution is 5.93. The van der Waals surface area contributed by atoms with Crippen molar-refractivity contribution >= 4 is 5.91 Å². The van der Waals surface area contributed by atoms with E-state index in [1.54, 1.807) is 12.3 Å². The van der Waals surface area contributed by atoms with E-state index in [2.05, 4.69) is 16.8 Å². The van der Waals surface area contributed by atoms with Gasteiger partial charge in [-0.05, 0) is 81.5 Å². The topological polar surface area (TPSA) is 51.1 Å². The third-order valence-electron chi connectivity index (χ3n) is 7.70. The number of pyridine rings is 1. The van der Waals surface area contributed by atoms with Crippen LogP contribution in [0.4, 0.5) is 0 Å². The molecule has 0 atom stereocenters. The summed E-state index contributed by atoms with van der Waals surface area (Å²) in [6, 6.07) is 1.61. The summed E-state index contributed by atoms with van der Waals surface area (Å²) < 4.78 is 2.06. The van der Waals surface area contributed by atoms with E-state index < -0.39 is 0 Å². The number of carbonyl (C=O) groups excluding carboxylic acids is 1. The van der Waals surface area contributed by atoms with E-state index >= 15 is 0 Å². The molecule has 4 saturated carbocycles. The Morgan fingerprint density at radius 3 is 2.39 bits per heavy atom. The number of carbonyl (C=O) groups is 1. The Kier molecular flexibility index (Phi) is 5.66. The molecule has 0 radical (unpaired) electrons. The van der Waals surface area contributed by atoms with Gasteiger partial charge < -0.3 is 9.88 Å². The Labute approximate surface area is 169 Å². The second-order valence-electron chi connectivity index (χ2n) is 10.0. The largest absolute Gasteiger partial charge is 0.352 e. The van der Waals surface area contributed by atoms with Gasteiger partial charge in [0.05, 0.1) is 0 Å². The zero-order valence-electron chi connectivity index (χ0n) is 17.6. The van der Waals surface area contributed by atoms with Crippen LogP contribution in [0.1, 0.15) is 87.2 Å². The van der Waals surface area contributed by atoms with Gasteiger partial charge in [0.25, 0.3) is 5.91 Å². The number of nitrogens with zero attached hydrogens (tertiary/aromatic N) is 1. The van der Waals surface area contributed by atoms with Gasteiger partial charge in [0, 0.05) is 31.0 Å². The fourth-order valence-electron chi connectivity index (χ4n) is 6.75. The molecule has 1 heterocycles. The minimum Gasteiger partial charge on any atom is -0.352 e. The summed E-state index contributed by atoms with van der Waals surface area (Å²) in [5.41, 5.74) is 1.55. The minimum absolute atomic E-state index is 0.156. The molecule has 4 aliphatic rings. The van der Waals surface area contributed by atoms with E-state index in [1.165, 1.54) is 38.5 Å². The molecular formula is C24H36N2O2. The standard InChI is InChI=1S/C24H36N2O2/c1-3-4-5-8-26-16-21(22(27)9-17(26)2)23(28)25-7-6-24-13-18-10-19(14-24)12-20(11-18)15-24/h9,16,18-20H,3-8,10-15H2,1-2H3,(H,25,28). The van der Waals surface area contributed by atoms with Gasteiger partial charge in [-0.25, -0.2) is 0 Å². The molecule has 1 aromatic heterocycles. The number of aromatic nitrogens is 1. The first-order chi connectivity index (χ1) is 13.5. The third kappa shape index (κ3) is 4.06. The van der Waals surface area contributed by atoms with E-state index in [9.17, 15) is 9.59 Å². The Balaban J connectivity index is 1.36. The van der Waals surface area contributed by atoms with E-state index in [-0.39, 0.29) is 11.3 Å². The Morgan fingerprint density at radius 1 is 1.14 bits per heavy atom. The lowest BCUT2D eigenvalue weighted by Gasteiger charge is -2.57. The van der Waals surface area contributed by atoms with Crippen molar-refractivity contribution in [1.82, 2.24) is 9.88 Å². The Bertz CT molecular complexity index is 744. The summed E-state index contributed by atoms with van der Waals surface area (Å²) in [5, 5.41) is 3.08. The van der Waals surface area contributed by atoms with Crippen molar-refractivity contribution in [1.29, 1.82) is 0 Å². The highest BCUT2D eigenvalue weighted by Crippen LogP contribution is 2.61. The fraction of sp³-hybridized carbons (Fsp3) is 0.750. The van der Waals surface area contributed by atoms with Crippen LogP contribution >= 0.6 is 0 Å². The SMILES string of the molecule is CCCCCn1cc(C(=O)NCCC23CC4CC(CC(C4)C2)C3)c(=O)cc1C. The molecule has 4 nitrogen and oxygen atoms in total. The van der Waals surface area contributed by atoms with Gasteiger partial charge in [-0.2, -0.15) is 0 Å². The average molecular weight is 385 g/mol. The van der Waals surface area contributed by atoms with Crippen LogP contribution in [-0.2, 0) is 6.54 Å². The minimum atomic E-state index is -0.195. The van der Waals surface area contributed by atoms with E-state index in [1.807, 2.05) is 6.92 Å². The summed E-state index contributed by atoms with van der Waals surface area (Å²) in [7, 11) is 0. The molecule has 0 saturated heterocycles. The Morgan fingerprint density at radius 2 is 1.79 bits per heavy atom. The smallest absolute Gasteiger partial charge is 0.256 e. The molecule has 4 fully saturated rings. The molecule has 4 aliphatic carbocycles. The number of amides is 1. The van der Waals surface area contributed by atoms with Crippen molar-refractivity contribution in [2.75, 3.05) is 6.54 Å². The summed E-state index contributed by atoms with van der Waals surface area (Å²) in [6.07, 6.45) is 14.7. The van der Waals surface area contributed by atoms with Crippen LogP contribution in [0, 0.1) is 30.1 Å². The molecule has 4 bridgehead atoms. The molecule has 0 unspecified atom stereocenters. The first-order valence-electron chi connectivity index (χ1n) is 11.5. The molecule has 28 heavy (non-hydrogen) atoms. The van der Waals surface area contributed by atoms with Crippen molar-refractivity contribution in [2.45, 2.75) is 84.6 Å². The lowest BCUT2D eigenvalue weighted by atomic mass is 9.49. The van der Waals surface area contributed by atoms with Gasteiger partial charge in [-0.15, -0.1) is 0 Å². The van der Waals surface area contributed by atoms with Crippen molar-refractivity contribution in [3.8, 4) is 0 Å². The summed E-state index contributed by atoms with van der Waals surface area (Å²) in [6.45, 7) is 5.70. The van der Waals surface area contributed by atoms with Crippen LogP contribution in [0.3, 0.4) is 0 Å². The molecule has 4 heteroatoms. The highest BCUT2D eigenvalue weighted by Gasteiger charge is 2.50. The van der Waals surface area contributed by atoms with Gasteiger partial charge in [0.15, 0.2) is 5.43 Å². The fourth-order valence-corrected chi connectivity index (χ4v) is 6.75. The molecular weight excluding hydrogens is 348 g/mol. The normalized spacial score (nSPS) is 30.6. The van der Waals surface area contributed by atoms with E-state index in [0.717, 1.165) is 55.7 Å².